The Morgan fingerprint density at radius 3 is 2.75 bits per heavy atom. The van der Waals surface area contributed by atoms with E-state index in [0.29, 0.717) is 5.02 Å². The topological polar surface area (TPSA) is 29.9 Å². The SMILES string of the molecule is CCCn1ncc(Cl)c1C(NC)c1cccc(C)c1Cl. The molecule has 108 valence electrons. The number of rotatable bonds is 5. The molecule has 1 aromatic heterocycles. The first-order chi connectivity index (χ1) is 9.60. The predicted octanol–water partition coefficient (Wildman–Crippen LogP) is 4.22. The fraction of sp³-hybridized carbons (Fsp3) is 0.400. The molecule has 0 bridgehead atoms. The molecule has 0 aliphatic heterocycles. The van der Waals surface area contributed by atoms with Crippen LogP contribution in [0.15, 0.2) is 24.4 Å². The second-order valence-corrected chi connectivity index (χ2v) is 5.59. The summed E-state index contributed by atoms with van der Waals surface area (Å²) in [5, 5.41) is 9.09. The second-order valence-electron chi connectivity index (χ2n) is 4.80. The van der Waals surface area contributed by atoms with Crippen molar-refractivity contribution in [2.45, 2.75) is 32.9 Å². The average molecular weight is 312 g/mol. The number of hydrogen-bond donors (Lipinski definition) is 1. The van der Waals surface area contributed by atoms with Gasteiger partial charge in [-0.25, -0.2) is 0 Å². The van der Waals surface area contributed by atoms with E-state index in [1.807, 2.05) is 36.9 Å². The van der Waals surface area contributed by atoms with Crippen LogP contribution in [-0.2, 0) is 6.54 Å². The Kier molecular flexibility index (Phi) is 5.08. The molecule has 0 saturated heterocycles. The van der Waals surface area contributed by atoms with Gasteiger partial charge in [-0.2, -0.15) is 5.10 Å². The molecule has 0 radical (unpaired) electrons. The third-order valence-electron chi connectivity index (χ3n) is 3.36. The normalized spacial score (nSPS) is 12.7. The zero-order valence-corrected chi connectivity index (χ0v) is 13.5. The Bertz CT molecular complexity index is 593. The first-order valence-electron chi connectivity index (χ1n) is 6.73. The summed E-state index contributed by atoms with van der Waals surface area (Å²) in [7, 11) is 1.91. The summed E-state index contributed by atoms with van der Waals surface area (Å²) in [6.07, 6.45) is 2.70. The van der Waals surface area contributed by atoms with Crippen molar-refractivity contribution in [3.8, 4) is 0 Å². The molecule has 20 heavy (non-hydrogen) atoms. The highest BCUT2D eigenvalue weighted by atomic mass is 35.5. The minimum Gasteiger partial charge on any atom is -0.308 e. The fourth-order valence-electron chi connectivity index (χ4n) is 2.38. The van der Waals surface area contributed by atoms with E-state index in [1.165, 1.54) is 0 Å². The van der Waals surface area contributed by atoms with Gasteiger partial charge in [0.25, 0.3) is 0 Å². The molecule has 1 unspecified atom stereocenters. The molecule has 0 spiro atoms. The Labute approximate surface area is 129 Å². The molecule has 0 aliphatic rings. The molecule has 5 heteroatoms. The largest absolute Gasteiger partial charge is 0.308 e. The van der Waals surface area contributed by atoms with E-state index in [2.05, 4.69) is 17.3 Å². The van der Waals surface area contributed by atoms with E-state index in [-0.39, 0.29) is 6.04 Å². The molecule has 0 amide bonds. The molecule has 2 rings (SSSR count). The summed E-state index contributed by atoms with van der Waals surface area (Å²) in [6, 6.07) is 5.97. The molecule has 1 N–H and O–H groups in total. The van der Waals surface area contributed by atoms with Gasteiger partial charge in [0.1, 0.15) is 0 Å². The summed E-state index contributed by atoms with van der Waals surface area (Å²) in [6.45, 7) is 4.96. The van der Waals surface area contributed by atoms with Gasteiger partial charge in [-0.05, 0) is 31.5 Å². The minimum atomic E-state index is -0.0658. The van der Waals surface area contributed by atoms with Crippen LogP contribution < -0.4 is 5.32 Å². The lowest BCUT2D eigenvalue weighted by atomic mass is 10.0. The van der Waals surface area contributed by atoms with Crippen LogP contribution in [0.2, 0.25) is 10.0 Å². The average Bonchev–Trinajstić information content (AvgIpc) is 2.78. The molecule has 0 fully saturated rings. The Morgan fingerprint density at radius 1 is 1.35 bits per heavy atom. The molecule has 1 atom stereocenters. The van der Waals surface area contributed by atoms with Crippen molar-refractivity contribution in [1.82, 2.24) is 15.1 Å². The monoisotopic (exact) mass is 311 g/mol. The summed E-state index contributed by atoms with van der Waals surface area (Å²) < 4.78 is 1.95. The third-order valence-corrected chi connectivity index (χ3v) is 4.17. The molecule has 0 saturated carbocycles. The van der Waals surface area contributed by atoms with Gasteiger partial charge in [-0.1, -0.05) is 48.3 Å². The van der Waals surface area contributed by atoms with Crippen molar-refractivity contribution >= 4 is 23.2 Å². The number of nitrogens with one attached hydrogen (secondary N) is 1. The van der Waals surface area contributed by atoms with Crippen LogP contribution in [0.1, 0.15) is 36.2 Å². The van der Waals surface area contributed by atoms with Gasteiger partial charge in [-0.3, -0.25) is 4.68 Å². The quantitative estimate of drug-likeness (QED) is 0.896. The zero-order valence-electron chi connectivity index (χ0n) is 12.0. The minimum absolute atomic E-state index is 0.0658. The van der Waals surface area contributed by atoms with Crippen molar-refractivity contribution in [2.24, 2.45) is 0 Å². The molecular formula is C15H19Cl2N3. The highest BCUT2D eigenvalue weighted by molar-refractivity contribution is 6.32. The maximum atomic E-state index is 6.45. The van der Waals surface area contributed by atoms with Crippen LogP contribution in [0.3, 0.4) is 0 Å². The lowest BCUT2D eigenvalue weighted by Gasteiger charge is -2.21. The maximum absolute atomic E-state index is 6.45. The van der Waals surface area contributed by atoms with Crippen molar-refractivity contribution in [3.05, 3.63) is 51.3 Å². The van der Waals surface area contributed by atoms with Crippen LogP contribution in [0.4, 0.5) is 0 Å². The molecule has 1 heterocycles. The fourth-order valence-corrected chi connectivity index (χ4v) is 2.87. The first-order valence-corrected chi connectivity index (χ1v) is 7.49. The number of aromatic nitrogens is 2. The van der Waals surface area contributed by atoms with Gasteiger partial charge in [0.05, 0.1) is 23.0 Å². The van der Waals surface area contributed by atoms with Crippen LogP contribution in [0, 0.1) is 6.92 Å². The van der Waals surface area contributed by atoms with Crippen LogP contribution in [-0.4, -0.2) is 16.8 Å². The van der Waals surface area contributed by atoms with Crippen molar-refractivity contribution in [1.29, 1.82) is 0 Å². The second kappa shape index (κ2) is 6.61. The van der Waals surface area contributed by atoms with Crippen molar-refractivity contribution in [3.63, 3.8) is 0 Å². The van der Waals surface area contributed by atoms with E-state index in [4.69, 9.17) is 23.2 Å². The van der Waals surface area contributed by atoms with Crippen LogP contribution in [0.25, 0.3) is 0 Å². The Hall–Kier alpha value is -1.03. The van der Waals surface area contributed by atoms with Gasteiger partial charge in [0.2, 0.25) is 0 Å². The van der Waals surface area contributed by atoms with E-state index < -0.39 is 0 Å². The smallest absolute Gasteiger partial charge is 0.0837 e. The lowest BCUT2D eigenvalue weighted by molar-refractivity contribution is 0.535. The Morgan fingerprint density at radius 2 is 2.10 bits per heavy atom. The number of hydrogen-bond acceptors (Lipinski definition) is 2. The number of aryl methyl sites for hydroxylation is 2. The van der Waals surface area contributed by atoms with E-state index >= 15 is 0 Å². The summed E-state index contributed by atoms with van der Waals surface area (Å²) >= 11 is 12.8. The summed E-state index contributed by atoms with van der Waals surface area (Å²) in [5.74, 6) is 0. The third kappa shape index (κ3) is 2.85. The standard InChI is InChI=1S/C15H19Cl2N3/c1-4-8-20-15(12(16)9-19-20)14(18-3)11-7-5-6-10(2)13(11)17/h5-7,9,14,18H,4,8H2,1-3H3. The maximum Gasteiger partial charge on any atom is 0.0837 e. The molecule has 0 aliphatic carbocycles. The van der Waals surface area contributed by atoms with E-state index in [0.717, 1.165) is 34.8 Å². The van der Waals surface area contributed by atoms with Crippen LogP contribution in [0.5, 0.6) is 0 Å². The van der Waals surface area contributed by atoms with E-state index in [1.54, 1.807) is 6.20 Å². The highest BCUT2D eigenvalue weighted by Gasteiger charge is 2.23. The van der Waals surface area contributed by atoms with Crippen molar-refractivity contribution < 1.29 is 0 Å². The lowest BCUT2D eigenvalue weighted by Crippen LogP contribution is -2.22. The van der Waals surface area contributed by atoms with Gasteiger partial charge in [0.15, 0.2) is 0 Å². The summed E-state index contributed by atoms with van der Waals surface area (Å²) in [4.78, 5) is 0. The summed E-state index contributed by atoms with van der Waals surface area (Å²) in [5.41, 5.74) is 3.04. The molecule has 1 aromatic carbocycles. The van der Waals surface area contributed by atoms with Gasteiger partial charge >= 0.3 is 0 Å². The Balaban J connectivity index is 2.52. The van der Waals surface area contributed by atoms with Crippen LogP contribution >= 0.6 is 23.2 Å². The number of nitrogens with zero attached hydrogens (tertiary/aromatic N) is 2. The molecule has 3 nitrogen and oxygen atoms in total. The zero-order chi connectivity index (χ0) is 14.7. The van der Waals surface area contributed by atoms with E-state index in [9.17, 15) is 0 Å². The van der Waals surface area contributed by atoms with Gasteiger partial charge < -0.3 is 5.32 Å². The highest BCUT2D eigenvalue weighted by Crippen LogP contribution is 2.33. The first kappa shape index (κ1) is 15.4. The number of benzene rings is 1. The molecule has 2 aromatic rings. The van der Waals surface area contributed by atoms with Crippen molar-refractivity contribution in [2.75, 3.05) is 7.05 Å². The molecular weight excluding hydrogens is 293 g/mol. The van der Waals surface area contributed by atoms with Gasteiger partial charge in [-0.15, -0.1) is 0 Å². The predicted molar refractivity (Wildman–Crippen MR) is 84.6 cm³/mol. The van der Waals surface area contributed by atoms with Gasteiger partial charge in [0, 0.05) is 11.6 Å². The number of halogens is 2.